The molecule has 128 valence electrons. The maximum atomic E-state index is 13.1. The number of para-hydroxylation sites is 1. The Kier molecular flexibility index (Phi) is 4.84. The first-order valence-electron chi connectivity index (χ1n) is 8.73. The van der Waals surface area contributed by atoms with Crippen LogP contribution in [0.25, 0.3) is 10.9 Å². The van der Waals surface area contributed by atoms with Crippen LogP contribution in [0.5, 0.6) is 0 Å². The van der Waals surface area contributed by atoms with Gasteiger partial charge in [-0.15, -0.1) is 0 Å². The van der Waals surface area contributed by atoms with Crippen molar-refractivity contribution in [2.45, 2.75) is 39.7 Å². The van der Waals surface area contributed by atoms with Crippen molar-refractivity contribution in [3.8, 4) is 0 Å². The van der Waals surface area contributed by atoms with Crippen LogP contribution in [-0.2, 0) is 4.79 Å². The molecule has 25 heavy (non-hydrogen) atoms. The van der Waals surface area contributed by atoms with Crippen molar-refractivity contribution in [3.05, 3.63) is 71.4 Å². The van der Waals surface area contributed by atoms with E-state index in [9.17, 15) is 9.59 Å². The zero-order valence-corrected chi connectivity index (χ0v) is 15.0. The van der Waals surface area contributed by atoms with E-state index in [-0.39, 0.29) is 17.6 Å². The standard InChI is InChI=1S/C22H23NO2/c1-4-18(14-15(2)24)23-16(3)21(19-12-8-9-13-20(19)23)22(25)17-10-6-5-7-11-17/h5-13,18H,4,14H2,1-3H3. The van der Waals surface area contributed by atoms with E-state index in [2.05, 4.69) is 11.5 Å². The van der Waals surface area contributed by atoms with Crippen molar-refractivity contribution in [2.24, 2.45) is 0 Å². The lowest BCUT2D eigenvalue weighted by atomic mass is 10.0. The molecule has 2 aromatic carbocycles. The van der Waals surface area contributed by atoms with Gasteiger partial charge in [0.15, 0.2) is 5.78 Å². The van der Waals surface area contributed by atoms with Crippen LogP contribution in [-0.4, -0.2) is 16.1 Å². The highest BCUT2D eigenvalue weighted by Crippen LogP contribution is 2.33. The summed E-state index contributed by atoms with van der Waals surface area (Å²) in [4.78, 5) is 24.9. The Balaban J connectivity index is 2.22. The van der Waals surface area contributed by atoms with E-state index in [1.807, 2.05) is 61.5 Å². The molecule has 3 aromatic rings. The minimum absolute atomic E-state index is 0.0331. The van der Waals surface area contributed by atoms with Gasteiger partial charge in [0.05, 0.1) is 5.56 Å². The molecule has 3 nitrogen and oxygen atoms in total. The molecule has 0 amide bonds. The number of aromatic nitrogens is 1. The van der Waals surface area contributed by atoms with Gasteiger partial charge >= 0.3 is 0 Å². The second kappa shape index (κ2) is 7.06. The van der Waals surface area contributed by atoms with Gasteiger partial charge in [-0.1, -0.05) is 55.5 Å². The molecule has 1 atom stereocenters. The van der Waals surface area contributed by atoms with Gasteiger partial charge in [-0.05, 0) is 26.3 Å². The Labute approximate surface area is 148 Å². The number of nitrogens with zero attached hydrogens (tertiary/aromatic N) is 1. The Hall–Kier alpha value is -2.68. The number of carbonyl (C=O) groups is 2. The molecule has 0 aliphatic rings. The van der Waals surface area contributed by atoms with Crippen LogP contribution in [0.4, 0.5) is 0 Å². The predicted molar refractivity (Wildman–Crippen MR) is 101 cm³/mol. The van der Waals surface area contributed by atoms with Crippen LogP contribution in [0.1, 0.15) is 54.3 Å². The summed E-state index contributed by atoms with van der Waals surface area (Å²) in [5, 5.41) is 0.954. The maximum Gasteiger partial charge on any atom is 0.195 e. The molecular formula is C22H23NO2. The lowest BCUT2D eigenvalue weighted by molar-refractivity contribution is -0.117. The summed E-state index contributed by atoms with van der Waals surface area (Å²) in [6, 6.07) is 17.4. The van der Waals surface area contributed by atoms with Crippen molar-refractivity contribution < 1.29 is 9.59 Å². The van der Waals surface area contributed by atoms with Crippen LogP contribution in [0.2, 0.25) is 0 Å². The van der Waals surface area contributed by atoms with E-state index in [1.165, 1.54) is 0 Å². The molecule has 0 N–H and O–H groups in total. The smallest absolute Gasteiger partial charge is 0.195 e. The summed E-state index contributed by atoms with van der Waals surface area (Å²) in [7, 11) is 0. The van der Waals surface area contributed by atoms with E-state index < -0.39 is 0 Å². The van der Waals surface area contributed by atoms with Gasteiger partial charge in [0.2, 0.25) is 0 Å². The second-order valence-electron chi connectivity index (χ2n) is 6.51. The molecule has 1 unspecified atom stereocenters. The third-order valence-electron chi connectivity index (χ3n) is 4.78. The van der Waals surface area contributed by atoms with Gasteiger partial charge in [-0.2, -0.15) is 0 Å². The first-order valence-corrected chi connectivity index (χ1v) is 8.73. The van der Waals surface area contributed by atoms with Gasteiger partial charge in [-0.3, -0.25) is 9.59 Å². The molecule has 0 spiro atoms. The Morgan fingerprint density at radius 1 is 1.00 bits per heavy atom. The number of hydrogen-bond acceptors (Lipinski definition) is 2. The summed E-state index contributed by atoms with van der Waals surface area (Å²) in [5.74, 6) is 0.200. The number of rotatable bonds is 6. The highest BCUT2D eigenvalue weighted by Gasteiger charge is 2.24. The Bertz CT molecular complexity index is 922. The fourth-order valence-electron chi connectivity index (χ4n) is 3.63. The van der Waals surface area contributed by atoms with Crippen molar-refractivity contribution in [1.29, 1.82) is 0 Å². The second-order valence-corrected chi connectivity index (χ2v) is 6.51. The molecule has 3 heteroatoms. The largest absolute Gasteiger partial charge is 0.341 e. The van der Waals surface area contributed by atoms with Gasteiger partial charge in [0, 0.05) is 34.6 Å². The van der Waals surface area contributed by atoms with Gasteiger partial charge in [-0.25, -0.2) is 0 Å². The zero-order chi connectivity index (χ0) is 18.0. The molecule has 0 aliphatic heterocycles. The summed E-state index contributed by atoms with van der Waals surface area (Å²) in [6.07, 6.45) is 1.33. The van der Waals surface area contributed by atoms with Crippen LogP contribution < -0.4 is 0 Å². The number of benzene rings is 2. The van der Waals surface area contributed by atoms with Crippen LogP contribution in [0.15, 0.2) is 54.6 Å². The van der Waals surface area contributed by atoms with Gasteiger partial charge in [0.25, 0.3) is 0 Å². The van der Waals surface area contributed by atoms with Gasteiger partial charge < -0.3 is 4.57 Å². The van der Waals surface area contributed by atoms with Crippen molar-refractivity contribution in [1.82, 2.24) is 4.57 Å². The molecule has 0 saturated heterocycles. The fraction of sp³-hybridized carbons (Fsp3) is 0.273. The molecule has 3 rings (SSSR count). The van der Waals surface area contributed by atoms with E-state index in [0.717, 1.165) is 28.6 Å². The van der Waals surface area contributed by atoms with Crippen LogP contribution >= 0.6 is 0 Å². The monoisotopic (exact) mass is 333 g/mol. The Morgan fingerprint density at radius 2 is 1.64 bits per heavy atom. The SMILES string of the molecule is CCC(CC(C)=O)n1c(C)c(C(=O)c2ccccc2)c2ccccc21. The minimum Gasteiger partial charge on any atom is -0.341 e. The quantitative estimate of drug-likeness (QED) is 0.588. The number of fused-ring (bicyclic) bond motifs is 1. The molecule has 0 radical (unpaired) electrons. The lowest BCUT2D eigenvalue weighted by Gasteiger charge is -2.19. The summed E-state index contributed by atoms with van der Waals surface area (Å²) < 4.78 is 2.17. The number of ketones is 2. The first-order chi connectivity index (χ1) is 12.0. The maximum absolute atomic E-state index is 13.1. The fourth-order valence-corrected chi connectivity index (χ4v) is 3.63. The average Bonchev–Trinajstić information content (AvgIpc) is 2.91. The topological polar surface area (TPSA) is 39.1 Å². The molecule has 0 bridgehead atoms. The van der Waals surface area contributed by atoms with Crippen molar-refractivity contribution in [2.75, 3.05) is 0 Å². The van der Waals surface area contributed by atoms with Gasteiger partial charge in [0.1, 0.15) is 5.78 Å². The van der Waals surface area contributed by atoms with Crippen LogP contribution in [0, 0.1) is 6.92 Å². The normalized spacial score (nSPS) is 12.3. The number of carbonyl (C=O) groups excluding carboxylic acids is 2. The first kappa shape index (κ1) is 17.2. The molecule has 0 aliphatic carbocycles. The molecule has 0 fully saturated rings. The van der Waals surface area contributed by atoms with E-state index in [4.69, 9.17) is 0 Å². The third kappa shape index (κ3) is 3.14. The highest BCUT2D eigenvalue weighted by molar-refractivity contribution is 6.17. The van der Waals surface area contributed by atoms with Crippen molar-refractivity contribution in [3.63, 3.8) is 0 Å². The van der Waals surface area contributed by atoms with Crippen LogP contribution in [0.3, 0.4) is 0 Å². The molecule has 1 heterocycles. The minimum atomic E-state index is 0.0331. The van der Waals surface area contributed by atoms with E-state index >= 15 is 0 Å². The summed E-state index contributed by atoms with van der Waals surface area (Å²) in [5.41, 5.74) is 3.38. The molecule has 0 saturated carbocycles. The highest BCUT2D eigenvalue weighted by atomic mass is 16.1. The summed E-state index contributed by atoms with van der Waals surface area (Å²) in [6.45, 7) is 5.69. The average molecular weight is 333 g/mol. The van der Waals surface area contributed by atoms with E-state index in [1.54, 1.807) is 6.92 Å². The number of Topliss-reactive ketones (excluding diaryl/α,β-unsaturated/α-hetero) is 1. The Morgan fingerprint density at radius 3 is 2.28 bits per heavy atom. The summed E-state index contributed by atoms with van der Waals surface area (Å²) >= 11 is 0. The van der Waals surface area contributed by atoms with Crippen molar-refractivity contribution >= 4 is 22.5 Å². The number of hydrogen-bond donors (Lipinski definition) is 0. The zero-order valence-electron chi connectivity index (χ0n) is 15.0. The lowest BCUT2D eigenvalue weighted by Crippen LogP contribution is -2.14. The predicted octanol–water partition coefficient (Wildman–Crippen LogP) is 5.11. The van der Waals surface area contributed by atoms with E-state index in [0.29, 0.717) is 12.0 Å². The molecular weight excluding hydrogens is 310 g/mol. The molecule has 1 aromatic heterocycles. The third-order valence-corrected chi connectivity index (χ3v) is 4.78.